The van der Waals surface area contributed by atoms with E-state index in [0.717, 1.165) is 16.8 Å². The third-order valence-electron chi connectivity index (χ3n) is 3.12. The topological polar surface area (TPSA) is 160 Å². The van der Waals surface area contributed by atoms with E-state index >= 15 is 0 Å². The predicted octanol–water partition coefficient (Wildman–Crippen LogP) is -2.08. The quantitative estimate of drug-likeness (QED) is 0.442. The molecular weight excluding hydrogens is 323 g/mol. The third kappa shape index (κ3) is 3.52. The maximum atomic E-state index is 11.8. The SMILES string of the molecule is COC1C(OP(=O)(O)O)[C@H](CO)O[C@@H]1n1ccc(=O)[nH]c1=O. The molecule has 2 heterocycles. The van der Waals surface area contributed by atoms with Crippen molar-refractivity contribution < 1.29 is 33.5 Å². The molecule has 0 spiro atoms. The number of hydrogen-bond donors (Lipinski definition) is 4. The lowest BCUT2D eigenvalue weighted by Crippen LogP contribution is -2.39. The highest BCUT2D eigenvalue weighted by molar-refractivity contribution is 7.46. The molecule has 2 rings (SSSR count). The number of methoxy groups -OCH3 is 1. The van der Waals surface area contributed by atoms with Gasteiger partial charge in [-0.1, -0.05) is 0 Å². The summed E-state index contributed by atoms with van der Waals surface area (Å²) < 4.78 is 27.1. The smallest absolute Gasteiger partial charge is 0.394 e. The van der Waals surface area contributed by atoms with Crippen molar-refractivity contribution in [1.82, 2.24) is 9.55 Å². The molecule has 4 N–H and O–H groups in total. The van der Waals surface area contributed by atoms with Crippen LogP contribution in [-0.4, -0.2) is 56.5 Å². The van der Waals surface area contributed by atoms with Gasteiger partial charge in [0.15, 0.2) is 6.23 Å². The summed E-state index contributed by atoms with van der Waals surface area (Å²) in [6.07, 6.45) is -3.51. The molecule has 0 aromatic carbocycles. The van der Waals surface area contributed by atoms with E-state index in [1.807, 2.05) is 4.98 Å². The van der Waals surface area contributed by atoms with Crippen LogP contribution in [0.15, 0.2) is 21.9 Å². The monoisotopic (exact) mass is 338 g/mol. The van der Waals surface area contributed by atoms with Crippen LogP contribution in [0.3, 0.4) is 0 Å². The molecule has 124 valence electrons. The summed E-state index contributed by atoms with van der Waals surface area (Å²) in [6, 6.07) is 1.07. The number of aliphatic hydroxyl groups excluding tert-OH is 1. The van der Waals surface area contributed by atoms with Gasteiger partial charge >= 0.3 is 13.5 Å². The molecular formula is C10H15N2O9P. The predicted molar refractivity (Wildman–Crippen MR) is 70.0 cm³/mol. The Balaban J connectivity index is 2.38. The Morgan fingerprint density at radius 1 is 1.41 bits per heavy atom. The number of nitrogens with one attached hydrogen (secondary N) is 1. The lowest BCUT2D eigenvalue weighted by Gasteiger charge is -2.23. The van der Waals surface area contributed by atoms with Gasteiger partial charge in [0.1, 0.15) is 18.3 Å². The standard InChI is InChI=1S/C10H15N2O9P/c1-19-8-7(21-22(16,17)18)5(4-13)20-9(8)12-3-2-6(14)11-10(12)15/h2-3,5,7-9,13H,4H2,1H3,(H,11,14,15)(H2,16,17,18)/t5-,7?,8?,9-/m0/s1. The first-order valence-corrected chi connectivity index (χ1v) is 7.64. The molecule has 1 aliphatic heterocycles. The lowest BCUT2D eigenvalue weighted by atomic mass is 10.1. The molecule has 1 aromatic rings. The molecule has 1 aliphatic rings. The number of phosphoric acid groups is 1. The highest BCUT2D eigenvalue weighted by Crippen LogP contribution is 2.44. The fraction of sp³-hybridized carbons (Fsp3) is 0.600. The Morgan fingerprint density at radius 2 is 2.09 bits per heavy atom. The maximum absolute atomic E-state index is 11.8. The number of aromatic amines is 1. The van der Waals surface area contributed by atoms with Crippen LogP contribution in [-0.2, 0) is 18.6 Å². The second kappa shape index (κ2) is 6.42. The molecule has 0 bridgehead atoms. The molecule has 4 atom stereocenters. The summed E-state index contributed by atoms with van der Waals surface area (Å²) in [5.41, 5.74) is -1.41. The molecule has 1 aromatic heterocycles. The van der Waals surface area contributed by atoms with Gasteiger partial charge < -0.3 is 24.4 Å². The van der Waals surface area contributed by atoms with Crippen LogP contribution in [0.25, 0.3) is 0 Å². The number of H-pyrrole nitrogens is 1. The number of ether oxygens (including phenoxy) is 2. The lowest BCUT2D eigenvalue weighted by molar-refractivity contribution is -0.0625. The zero-order chi connectivity index (χ0) is 16.5. The van der Waals surface area contributed by atoms with Gasteiger partial charge in [-0.25, -0.2) is 9.36 Å². The first kappa shape index (κ1) is 17.0. The Hall–Kier alpha value is -1.33. The van der Waals surface area contributed by atoms with Crippen LogP contribution in [0.4, 0.5) is 0 Å². The number of rotatable bonds is 5. The molecule has 0 radical (unpaired) electrons. The van der Waals surface area contributed by atoms with Gasteiger partial charge in [-0.3, -0.25) is 18.9 Å². The van der Waals surface area contributed by atoms with Crippen molar-refractivity contribution in [2.24, 2.45) is 0 Å². The Labute approximate surface area is 123 Å². The van der Waals surface area contributed by atoms with Crippen molar-refractivity contribution in [3.05, 3.63) is 33.1 Å². The average Bonchev–Trinajstić information content (AvgIpc) is 2.74. The van der Waals surface area contributed by atoms with Gasteiger partial charge in [0.25, 0.3) is 5.56 Å². The molecule has 0 aliphatic carbocycles. The number of phosphoric ester groups is 1. The van der Waals surface area contributed by atoms with Crippen LogP contribution in [0, 0.1) is 0 Å². The summed E-state index contributed by atoms with van der Waals surface area (Å²) in [5.74, 6) is 0. The number of nitrogens with zero attached hydrogens (tertiary/aromatic N) is 1. The minimum atomic E-state index is -4.87. The Kier molecular flexibility index (Phi) is 4.97. The summed E-state index contributed by atoms with van der Waals surface area (Å²) in [5, 5.41) is 9.27. The molecule has 22 heavy (non-hydrogen) atoms. The average molecular weight is 338 g/mol. The van der Waals surface area contributed by atoms with Gasteiger partial charge in [0.2, 0.25) is 0 Å². The van der Waals surface area contributed by atoms with Gasteiger partial charge in [-0.2, -0.15) is 0 Å². The minimum absolute atomic E-state index is 0.612. The van der Waals surface area contributed by atoms with Crippen molar-refractivity contribution in [3.63, 3.8) is 0 Å². The first-order valence-electron chi connectivity index (χ1n) is 6.11. The number of aliphatic hydroxyl groups is 1. The van der Waals surface area contributed by atoms with Crippen molar-refractivity contribution in [2.45, 2.75) is 24.5 Å². The number of aromatic nitrogens is 2. The van der Waals surface area contributed by atoms with Gasteiger partial charge in [0.05, 0.1) is 6.61 Å². The minimum Gasteiger partial charge on any atom is -0.394 e. The van der Waals surface area contributed by atoms with Crippen molar-refractivity contribution >= 4 is 7.82 Å². The largest absolute Gasteiger partial charge is 0.470 e. The second-order valence-electron chi connectivity index (χ2n) is 4.53. The Morgan fingerprint density at radius 3 is 2.59 bits per heavy atom. The molecule has 0 saturated carbocycles. The van der Waals surface area contributed by atoms with E-state index < -0.39 is 50.2 Å². The first-order chi connectivity index (χ1) is 10.3. The second-order valence-corrected chi connectivity index (χ2v) is 5.72. The summed E-state index contributed by atoms with van der Waals surface area (Å²) >= 11 is 0. The highest BCUT2D eigenvalue weighted by Gasteiger charge is 2.49. The van der Waals surface area contributed by atoms with Crippen molar-refractivity contribution in [1.29, 1.82) is 0 Å². The zero-order valence-electron chi connectivity index (χ0n) is 11.4. The maximum Gasteiger partial charge on any atom is 0.470 e. The van der Waals surface area contributed by atoms with Crippen LogP contribution in [0.5, 0.6) is 0 Å². The molecule has 12 heteroatoms. The molecule has 11 nitrogen and oxygen atoms in total. The van der Waals surface area contributed by atoms with Crippen LogP contribution >= 0.6 is 7.82 Å². The van der Waals surface area contributed by atoms with Crippen LogP contribution in [0.1, 0.15) is 6.23 Å². The third-order valence-corrected chi connectivity index (χ3v) is 3.64. The van der Waals surface area contributed by atoms with E-state index in [9.17, 15) is 19.3 Å². The van der Waals surface area contributed by atoms with Gasteiger partial charge in [-0.15, -0.1) is 0 Å². The van der Waals surface area contributed by atoms with Crippen molar-refractivity contribution in [2.75, 3.05) is 13.7 Å². The molecule has 2 unspecified atom stereocenters. The van der Waals surface area contributed by atoms with E-state index in [1.54, 1.807) is 0 Å². The fourth-order valence-corrected chi connectivity index (χ4v) is 2.82. The van der Waals surface area contributed by atoms with Gasteiger partial charge in [0, 0.05) is 19.4 Å². The Bertz CT molecular complexity index is 679. The van der Waals surface area contributed by atoms with E-state index in [4.69, 9.17) is 19.3 Å². The van der Waals surface area contributed by atoms with E-state index in [2.05, 4.69) is 4.52 Å². The molecule has 0 amide bonds. The van der Waals surface area contributed by atoms with Gasteiger partial charge in [-0.05, 0) is 0 Å². The molecule has 1 saturated heterocycles. The summed E-state index contributed by atoms with van der Waals surface area (Å²) in [7, 11) is -3.64. The van der Waals surface area contributed by atoms with E-state index in [1.165, 1.54) is 7.11 Å². The van der Waals surface area contributed by atoms with Crippen LogP contribution < -0.4 is 11.2 Å². The van der Waals surface area contributed by atoms with E-state index in [-0.39, 0.29) is 0 Å². The fourth-order valence-electron chi connectivity index (χ4n) is 2.24. The van der Waals surface area contributed by atoms with E-state index in [0.29, 0.717) is 0 Å². The summed E-state index contributed by atoms with van der Waals surface area (Å²) in [4.78, 5) is 42.7. The normalized spacial score (nSPS) is 28.9. The molecule has 1 fully saturated rings. The summed E-state index contributed by atoms with van der Waals surface area (Å²) in [6.45, 7) is -0.612. The number of hydrogen-bond acceptors (Lipinski definition) is 7. The zero-order valence-corrected chi connectivity index (χ0v) is 12.3. The van der Waals surface area contributed by atoms with Crippen molar-refractivity contribution in [3.8, 4) is 0 Å². The van der Waals surface area contributed by atoms with Crippen LogP contribution in [0.2, 0.25) is 0 Å². The highest BCUT2D eigenvalue weighted by atomic mass is 31.2.